The van der Waals surface area contributed by atoms with Gasteiger partial charge in [0.2, 0.25) is 5.91 Å². The molecular weight excluding hydrogens is 307 g/mol. The number of nitrogens with one attached hydrogen (secondary N) is 1. The SMILES string of the molecule is O=C(Nc1cccc(C(F)(F)F)c1)C1COc2ccccc2C1. The van der Waals surface area contributed by atoms with Gasteiger partial charge < -0.3 is 10.1 Å². The molecule has 0 aliphatic carbocycles. The highest BCUT2D eigenvalue weighted by atomic mass is 19.4. The molecule has 1 heterocycles. The number of benzene rings is 2. The molecule has 1 aliphatic rings. The number of carbonyl (C=O) groups is 1. The largest absolute Gasteiger partial charge is 0.492 e. The summed E-state index contributed by atoms with van der Waals surface area (Å²) in [6.07, 6.45) is -3.94. The Bertz CT molecular complexity index is 728. The Morgan fingerprint density at radius 2 is 1.91 bits per heavy atom. The van der Waals surface area contributed by atoms with Crippen molar-refractivity contribution in [3.05, 3.63) is 59.7 Å². The maximum atomic E-state index is 12.7. The molecule has 2 aromatic rings. The lowest BCUT2D eigenvalue weighted by atomic mass is 9.96. The van der Waals surface area contributed by atoms with E-state index in [0.29, 0.717) is 6.42 Å². The molecule has 0 aromatic heterocycles. The van der Waals surface area contributed by atoms with Crippen LogP contribution in [0.5, 0.6) is 5.75 Å². The van der Waals surface area contributed by atoms with Gasteiger partial charge in [0, 0.05) is 5.69 Å². The van der Waals surface area contributed by atoms with Crippen molar-refractivity contribution in [2.45, 2.75) is 12.6 Å². The fourth-order valence-corrected chi connectivity index (χ4v) is 2.51. The van der Waals surface area contributed by atoms with Gasteiger partial charge in [-0.3, -0.25) is 4.79 Å². The van der Waals surface area contributed by atoms with Gasteiger partial charge in [0.15, 0.2) is 0 Å². The molecule has 0 radical (unpaired) electrons. The molecule has 1 amide bonds. The quantitative estimate of drug-likeness (QED) is 0.911. The van der Waals surface area contributed by atoms with E-state index in [9.17, 15) is 18.0 Å². The Labute approximate surface area is 131 Å². The fourth-order valence-electron chi connectivity index (χ4n) is 2.51. The van der Waals surface area contributed by atoms with Crippen molar-refractivity contribution in [2.24, 2.45) is 5.92 Å². The number of para-hydroxylation sites is 1. The van der Waals surface area contributed by atoms with Crippen molar-refractivity contribution in [2.75, 3.05) is 11.9 Å². The fraction of sp³-hybridized carbons (Fsp3) is 0.235. The third-order valence-corrected chi connectivity index (χ3v) is 3.71. The molecule has 0 saturated heterocycles. The van der Waals surface area contributed by atoms with Gasteiger partial charge in [-0.2, -0.15) is 13.2 Å². The Morgan fingerprint density at radius 1 is 1.13 bits per heavy atom. The number of anilines is 1. The molecule has 3 nitrogen and oxygen atoms in total. The highest BCUT2D eigenvalue weighted by molar-refractivity contribution is 5.93. The first-order valence-electron chi connectivity index (χ1n) is 7.12. The minimum atomic E-state index is -4.44. The Kier molecular flexibility index (Phi) is 3.98. The Hall–Kier alpha value is -2.50. The van der Waals surface area contributed by atoms with E-state index < -0.39 is 17.7 Å². The van der Waals surface area contributed by atoms with Gasteiger partial charge in [-0.1, -0.05) is 24.3 Å². The zero-order valence-corrected chi connectivity index (χ0v) is 12.1. The average Bonchev–Trinajstić information content (AvgIpc) is 2.54. The Balaban J connectivity index is 1.71. The second-order valence-corrected chi connectivity index (χ2v) is 5.39. The highest BCUT2D eigenvalue weighted by Crippen LogP contribution is 2.31. The predicted octanol–water partition coefficient (Wildman–Crippen LogP) is 3.90. The maximum Gasteiger partial charge on any atom is 0.416 e. The first kappa shape index (κ1) is 15.4. The van der Waals surface area contributed by atoms with Crippen LogP contribution >= 0.6 is 0 Å². The summed E-state index contributed by atoms with van der Waals surface area (Å²) < 4.78 is 43.6. The minimum Gasteiger partial charge on any atom is -0.492 e. The van der Waals surface area contributed by atoms with Gasteiger partial charge >= 0.3 is 6.18 Å². The smallest absolute Gasteiger partial charge is 0.416 e. The van der Waals surface area contributed by atoms with Crippen LogP contribution < -0.4 is 10.1 Å². The number of halogens is 3. The highest BCUT2D eigenvalue weighted by Gasteiger charge is 2.31. The van der Waals surface area contributed by atoms with Crippen LogP contribution in [0.4, 0.5) is 18.9 Å². The zero-order chi connectivity index (χ0) is 16.4. The molecule has 3 rings (SSSR count). The van der Waals surface area contributed by atoms with Crippen molar-refractivity contribution in [3.63, 3.8) is 0 Å². The molecule has 0 fully saturated rings. The minimum absolute atomic E-state index is 0.128. The van der Waals surface area contributed by atoms with Crippen LogP contribution in [0.2, 0.25) is 0 Å². The number of hydrogen-bond acceptors (Lipinski definition) is 2. The number of carbonyl (C=O) groups excluding carboxylic acids is 1. The molecule has 0 saturated carbocycles. The number of hydrogen-bond donors (Lipinski definition) is 1. The molecule has 6 heteroatoms. The second kappa shape index (κ2) is 5.95. The van der Waals surface area contributed by atoms with Crippen LogP contribution in [0.1, 0.15) is 11.1 Å². The molecule has 1 atom stereocenters. The van der Waals surface area contributed by atoms with Crippen molar-refractivity contribution < 1.29 is 22.7 Å². The van der Waals surface area contributed by atoms with Crippen molar-refractivity contribution >= 4 is 11.6 Å². The number of amides is 1. The van der Waals surface area contributed by atoms with Gasteiger partial charge in [0.25, 0.3) is 0 Å². The number of rotatable bonds is 2. The van der Waals surface area contributed by atoms with E-state index in [2.05, 4.69) is 5.32 Å². The second-order valence-electron chi connectivity index (χ2n) is 5.39. The van der Waals surface area contributed by atoms with Crippen LogP contribution in [0.15, 0.2) is 48.5 Å². The van der Waals surface area contributed by atoms with Crippen LogP contribution in [-0.4, -0.2) is 12.5 Å². The summed E-state index contributed by atoms with van der Waals surface area (Å²) in [6, 6.07) is 12.0. The summed E-state index contributed by atoms with van der Waals surface area (Å²) >= 11 is 0. The van der Waals surface area contributed by atoms with E-state index in [-0.39, 0.29) is 18.2 Å². The molecule has 120 valence electrons. The van der Waals surface area contributed by atoms with Gasteiger partial charge in [-0.05, 0) is 36.2 Å². The lowest BCUT2D eigenvalue weighted by Gasteiger charge is -2.24. The predicted molar refractivity (Wildman–Crippen MR) is 79.2 cm³/mol. The third-order valence-electron chi connectivity index (χ3n) is 3.71. The lowest BCUT2D eigenvalue weighted by Crippen LogP contribution is -2.32. The number of fused-ring (bicyclic) bond motifs is 1. The number of ether oxygens (including phenoxy) is 1. The van der Waals surface area contributed by atoms with Gasteiger partial charge in [-0.15, -0.1) is 0 Å². The van der Waals surface area contributed by atoms with Crippen molar-refractivity contribution in [1.29, 1.82) is 0 Å². The molecule has 1 unspecified atom stereocenters. The van der Waals surface area contributed by atoms with E-state index in [0.717, 1.165) is 23.4 Å². The summed E-state index contributed by atoms with van der Waals surface area (Å²) in [5.41, 5.74) is 0.257. The standard InChI is InChI=1S/C17H14F3NO2/c18-17(19,20)13-5-3-6-14(9-13)21-16(22)12-8-11-4-1-2-7-15(11)23-10-12/h1-7,9,12H,8,10H2,(H,21,22). The summed E-state index contributed by atoms with van der Waals surface area (Å²) in [6.45, 7) is 0.210. The first-order chi connectivity index (χ1) is 10.9. The van der Waals surface area contributed by atoms with Gasteiger partial charge in [-0.25, -0.2) is 0 Å². The van der Waals surface area contributed by atoms with Crippen LogP contribution in [-0.2, 0) is 17.4 Å². The van der Waals surface area contributed by atoms with Gasteiger partial charge in [0.05, 0.1) is 11.5 Å². The maximum absolute atomic E-state index is 12.7. The molecular formula is C17H14F3NO2. The molecule has 2 aromatic carbocycles. The Morgan fingerprint density at radius 3 is 2.70 bits per heavy atom. The summed E-state index contributed by atoms with van der Waals surface area (Å²) in [7, 11) is 0. The molecule has 0 bridgehead atoms. The van der Waals surface area contributed by atoms with E-state index >= 15 is 0 Å². The average molecular weight is 321 g/mol. The summed E-state index contributed by atoms with van der Waals surface area (Å²) in [5, 5.41) is 2.54. The van der Waals surface area contributed by atoms with E-state index in [1.807, 2.05) is 24.3 Å². The van der Waals surface area contributed by atoms with Gasteiger partial charge in [0.1, 0.15) is 12.4 Å². The summed E-state index contributed by atoms with van der Waals surface area (Å²) in [4.78, 5) is 12.3. The molecule has 1 aliphatic heterocycles. The first-order valence-corrected chi connectivity index (χ1v) is 7.12. The molecule has 0 spiro atoms. The van der Waals surface area contributed by atoms with E-state index in [1.54, 1.807) is 0 Å². The topological polar surface area (TPSA) is 38.3 Å². The third kappa shape index (κ3) is 3.47. The zero-order valence-electron chi connectivity index (χ0n) is 12.1. The number of alkyl halides is 3. The van der Waals surface area contributed by atoms with Crippen LogP contribution in [0, 0.1) is 5.92 Å². The van der Waals surface area contributed by atoms with Crippen molar-refractivity contribution in [3.8, 4) is 5.75 Å². The van der Waals surface area contributed by atoms with E-state index in [1.165, 1.54) is 12.1 Å². The molecule has 23 heavy (non-hydrogen) atoms. The van der Waals surface area contributed by atoms with Crippen molar-refractivity contribution in [1.82, 2.24) is 0 Å². The summed E-state index contributed by atoms with van der Waals surface area (Å²) in [5.74, 6) is -0.0334. The van der Waals surface area contributed by atoms with Crippen LogP contribution in [0.25, 0.3) is 0 Å². The monoisotopic (exact) mass is 321 g/mol. The normalized spacial score (nSPS) is 17.1. The molecule has 1 N–H and O–H groups in total. The lowest BCUT2D eigenvalue weighted by molar-refractivity contribution is -0.137. The van der Waals surface area contributed by atoms with E-state index in [4.69, 9.17) is 4.74 Å². The van der Waals surface area contributed by atoms with Crippen LogP contribution in [0.3, 0.4) is 0 Å².